The lowest BCUT2D eigenvalue weighted by molar-refractivity contribution is -0.118. The van der Waals surface area contributed by atoms with Crippen LogP contribution in [0.2, 0.25) is 0 Å². The molecule has 18 heavy (non-hydrogen) atoms. The molecule has 0 spiro atoms. The smallest absolute Gasteiger partial charge is 0.241 e. The van der Waals surface area contributed by atoms with Crippen molar-refractivity contribution in [1.82, 2.24) is 5.32 Å². The van der Waals surface area contributed by atoms with Crippen molar-refractivity contribution in [3.63, 3.8) is 0 Å². The summed E-state index contributed by atoms with van der Waals surface area (Å²) in [6, 6.07) is 5.90. The first-order valence-corrected chi connectivity index (χ1v) is 6.50. The molecule has 3 nitrogen and oxygen atoms in total. The molecule has 0 aliphatic rings. The SMILES string of the molecule is CNC(CC(C)C)C(=O)Nc1c(C)cccc1C. The molecule has 0 radical (unpaired) electrons. The van der Waals surface area contributed by atoms with Crippen LogP contribution in [0, 0.1) is 19.8 Å². The highest BCUT2D eigenvalue weighted by Gasteiger charge is 2.18. The molecule has 100 valence electrons. The zero-order chi connectivity index (χ0) is 13.7. The predicted molar refractivity (Wildman–Crippen MR) is 76.8 cm³/mol. The second kappa shape index (κ2) is 6.55. The Morgan fingerprint density at radius 3 is 2.22 bits per heavy atom. The third kappa shape index (κ3) is 3.84. The molecule has 1 aromatic carbocycles. The summed E-state index contributed by atoms with van der Waals surface area (Å²) >= 11 is 0. The van der Waals surface area contributed by atoms with E-state index >= 15 is 0 Å². The predicted octanol–water partition coefficient (Wildman–Crippen LogP) is 2.88. The van der Waals surface area contributed by atoms with Crippen LogP contribution in [0.4, 0.5) is 5.69 Å². The molecule has 2 N–H and O–H groups in total. The Hall–Kier alpha value is -1.35. The number of carbonyl (C=O) groups is 1. The molecular formula is C15H24N2O. The summed E-state index contributed by atoms with van der Waals surface area (Å²) in [7, 11) is 1.83. The number of benzene rings is 1. The molecule has 0 heterocycles. The summed E-state index contributed by atoms with van der Waals surface area (Å²) in [5, 5.41) is 6.11. The number of carbonyl (C=O) groups excluding carboxylic acids is 1. The lowest BCUT2D eigenvalue weighted by atomic mass is 10.0. The van der Waals surface area contributed by atoms with Crippen LogP contribution in [0.3, 0.4) is 0 Å². The molecule has 1 unspecified atom stereocenters. The van der Waals surface area contributed by atoms with E-state index in [1.165, 1.54) is 0 Å². The number of hydrogen-bond acceptors (Lipinski definition) is 2. The number of nitrogens with one attached hydrogen (secondary N) is 2. The molecule has 1 aromatic rings. The van der Waals surface area contributed by atoms with E-state index in [2.05, 4.69) is 24.5 Å². The number of amides is 1. The largest absolute Gasteiger partial charge is 0.324 e. The maximum absolute atomic E-state index is 12.2. The molecule has 0 aliphatic carbocycles. The van der Waals surface area contributed by atoms with Gasteiger partial charge in [0.2, 0.25) is 5.91 Å². The number of hydrogen-bond donors (Lipinski definition) is 2. The van der Waals surface area contributed by atoms with E-state index in [0.29, 0.717) is 5.92 Å². The summed E-state index contributed by atoms with van der Waals surface area (Å²) in [6.45, 7) is 8.27. The third-order valence-electron chi connectivity index (χ3n) is 3.10. The molecule has 0 saturated heterocycles. The Kier molecular flexibility index (Phi) is 5.35. The highest BCUT2D eigenvalue weighted by molar-refractivity contribution is 5.96. The van der Waals surface area contributed by atoms with Gasteiger partial charge < -0.3 is 10.6 Å². The van der Waals surface area contributed by atoms with Crippen molar-refractivity contribution in [2.24, 2.45) is 5.92 Å². The number of rotatable bonds is 5. The zero-order valence-electron chi connectivity index (χ0n) is 12.0. The van der Waals surface area contributed by atoms with Gasteiger partial charge in [-0.1, -0.05) is 32.0 Å². The van der Waals surface area contributed by atoms with E-state index in [-0.39, 0.29) is 11.9 Å². The molecule has 3 heteroatoms. The van der Waals surface area contributed by atoms with Gasteiger partial charge in [-0.25, -0.2) is 0 Å². The van der Waals surface area contributed by atoms with Crippen LogP contribution >= 0.6 is 0 Å². The maximum Gasteiger partial charge on any atom is 0.241 e. The van der Waals surface area contributed by atoms with Crippen molar-refractivity contribution in [2.45, 2.75) is 40.2 Å². The van der Waals surface area contributed by atoms with Crippen LogP contribution < -0.4 is 10.6 Å². The molecule has 0 aliphatic heterocycles. The van der Waals surface area contributed by atoms with Crippen LogP contribution in [0.15, 0.2) is 18.2 Å². The minimum absolute atomic E-state index is 0.0450. The van der Waals surface area contributed by atoms with Gasteiger partial charge in [0.1, 0.15) is 0 Å². The first-order chi connectivity index (χ1) is 8.45. The summed E-state index contributed by atoms with van der Waals surface area (Å²) in [5.41, 5.74) is 3.14. The molecule has 0 saturated carbocycles. The Morgan fingerprint density at radius 1 is 1.22 bits per heavy atom. The number of aryl methyl sites for hydroxylation is 2. The molecule has 1 atom stereocenters. The van der Waals surface area contributed by atoms with Crippen molar-refractivity contribution >= 4 is 11.6 Å². The van der Waals surface area contributed by atoms with E-state index in [0.717, 1.165) is 23.2 Å². The second-order valence-corrected chi connectivity index (χ2v) is 5.23. The summed E-state index contributed by atoms with van der Waals surface area (Å²) in [6.07, 6.45) is 0.841. The standard InChI is InChI=1S/C15H24N2O/c1-10(2)9-13(16-5)15(18)17-14-11(3)7-6-8-12(14)4/h6-8,10,13,16H,9H2,1-5H3,(H,17,18). The van der Waals surface area contributed by atoms with Crippen LogP contribution in [0.5, 0.6) is 0 Å². The normalized spacial score (nSPS) is 12.6. The van der Waals surface area contributed by atoms with E-state index in [4.69, 9.17) is 0 Å². The molecular weight excluding hydrogens is 224 g/mol. The first kappa shape index (κ1) is 14.7. The minimum atomic E-state index is -0.135. The number of anilines is 1. The third-order valence-corrected chi connectivity index (χ3v) is 3.10. The highest BCUT2D eigenvalue weighted by Crippen LogP contribution is 2.20. The van der Waals surface area contributed by atoms with Crippen molar-refractivity contribution in [1.29, 1.82) is 0 Å². The fraction of sp³-hybridized carbons (Fsp3) is 0.533. The van der Waals surface area contributed by atoms with Gasteiger partial charge in [-0.15, -0.1) is 0 Å². The van der Waals surface area contributed by atoms with Gasteiger partial charge in [0.25, 0.3) is 0 Å². The summed E-state index contributed by atoms with van der Waals surface area (Å²) in [5.74, 6) is 0.537. The van der Waals surface area contributed by atoms with Crippen molar-refractivity contribution < 1.29 is 4.79 Å². The topological polar surface area (TPSA) is 41.1 Å². The lowest BCUT2D eigenvalue weighted by Crippen LogP contribution is -2.39. The van der Waals surface area contributed by atoms with Gasteiger partial charge in [0, 0.05) is 5.69 Å². The average Bonchev–Trinajstić information content (AvgIpc) is 2.30. The second-order valence-electron chi connectivity index (χ2n) is 5.23. The zero-order valence-corrected chi connectivity index (χ0v) is 12.0. The van der Waals surface area contributed by atoms with Crippen LogP contribution in [-0.4, -0.2) is 19.0 Å². The van der Waals surface area contributed by atoms with Gasteiger partial charge in [0.15, 0.2) is 0 Å². The Balaban J connectivity index is 2.80. The Morgan fingerprint density at radius 2 is 1.78 bits per heavy atom. The fourth-order valence-electron chi connectivity index (χ4n) is 2.05. The van der Waals surface area contributed by atoms with Crippen molar-refractivity contribution in [3.05, 3.63) is 29.3 Å². The Labute approximate surface area is 110 Å². The van der Waals surface area contributed by atoms with Crippen molar-refractivity contribution in [2.75, 3.05) is 12.4 Å². The maximum atomic E-state index is 12.2. The minimum Gasteiger partial charge on any atom is -0.324 e. The van der Waals surface area contributed by atoms with Gasteiger partial charge in [-0.2, -0.15) is 0 Å². The van der Waals surface area contributed by atoms with E-state index in [1.54, 1.807) is 0 Å². The first-order valence-electron chi connectivity index (χ1n) is 6.50. The van der Waals surface area contributed by atoms with Crippen LogP contribution in [0.25, 0.3) is 0 Å². The lowest BCUT2D eigenvalue weighted by Gasteiger charge is -2.19. The van der Waals surface area contributed by atoms with Crippen LogP contribution in [-0.2, 0) is 4.79 Å². The number of likely N-dealkylation sites (N-methyl/N-ethyl adjacent to an activating group) is 1. The van der Waals surface area contributed by atoms with E-state index in [1.807, 2.05) is 39.1 Å². The van der Waals surface area contributed by atoms with Gasteiger partial charge in [-0.3, -0.25) is 4.79 Å². The molecule has 1 rings (SSSR count). The molecule has 1 amide bonds. The number of para-hydroxylation sites is 1. The average molecular weight is 248 g/mol. The van der Waals surface area contributed by atoms with Crippen molar-refractivity contribution in [3.8, 4) is 0 Å². The summed E-state index contributed by atoms with van der Waals surface area (Å²) < 4.78 is 0. The fourth-order valence-corrected chi connectivity index (χ4v) is 2.05. The molecule has 0 fully saturated rings. The Bertz CT molecular complexity index is 393. The summed E-state index contributed by atoms with van der Waals surface area (Å²) in [4.78, 5) is 12.2. The highest BCUT2D eigenvalue weighted by atomic mass is 16.2. The quantitative estimate of drug-likeness (QED) is 0.841. The van der Waals surface area contributed by atoms with E-state index in [9.17, 15) is 4.79 Å². The van der Waals surface area contributed by atoms with Gasteiger partial charge >= 0.3 is 0 Å². The van der Waals surface area contributed by atoms with Crippen LogP contribution in [0.1, 0.15) is 31.4 Å². The molecule has 0 bridgehead atoms. The van der Waals surface area contributed by atoms with E-state index < -0.39 is 0 Å². The monoisotopic (exact) mass is 248 g/mol. The van der Waals surface area contributed by atoms with Gasteiger partial charge in [-0.05, 0) is 44.4 Å². The molecule has 0 aromatic heterocycles. The van der Waals surface area contributed by atoms with Gasteiger partial charge in [0.05, 0.1) is 6.04 Å².